The van der Waals surface area contributed by atoms with Crippen LogP contribution in [-0.4, -0.2) is 18.7 Å². The van der Waals surface area contributed by atoms with Gasteiger partial charge in [-0.05, 0) is 37.0 Å². The van der Waals surface area contributed by atoms with Crippen LogP contribution in [0.1, 0.15) is 38.2 Å². The molecule has 3 rings (SSSR count). The van der Waals surface area contributed by atoms with Gasteiger partial charge in [0, 0.05) is 24.6 Å². The fraction of sp³-hybridized carbons (Fsp3) is 0.625. The summed E-state index contributed by atoms with van der Waals surface area (Å²) < 4.78 is 19.0. The van der Waals surface area contributed by atoms with Crippen molar-refractivity contribution in [1.82, 2.24) is 5.32 Å². The van der Waals surface area contributed by atoms with Crippen LogP contribution in [0.5, 0.6) is 5.75 Å². The van der Waals surface area contributed by atoms with Crippen molar-refractivity contribution in [3.05, 3.63) is 29.6 Å². The number of ether oxygens (including phenoxy) is 1. The van der Waals surface area contributed by atoms with Crippen LogP contribution in [-0.2, 0) is 6.42 Å². The molecule has 0 radical (unpaired) electrons. The molecule has 1 fully saturated rings. The van der Waals surface area contributed by atoms with E-state index in [0.29, 0.717) is 6.04 Å². The van der Waals surface area contributed by atoms with E-state index in [-0.39, 0.29) is 11.9 Å². The maximum atomic E-state index is 13.1. The third kappa shape index (κ3) is 3.08. The zero-order chi connectivity index (χ0) is 13.2. The van der Waals surface area contributed by atoms with Gasteiger partial charge in [0.2, 0.25) is 0 Å². The number of benzene rings is 1. The van der Waals surface area contributed by atoms with Crippen molar-refractivity contribution in [2.24, 2.45) is 5.92 Å². The first-order valence-corrected chi connectivity index (χ1v) is 7.39. The molecule has 3 atom stereocenters. The Kier molecular flexibility index (Phi) is 3.74. The second kappa shape index (κ2) is 5.49. The molecule has 1 saturated carbocycles. The molecule has 1 aromatic rings. The van der Waals surface area contributed by atoms with E-state index in [4.69, 9.17) is 4.74 Å². The van der Waals surface area contributed by atoms with Crippen molar-refractivity contribution in [3.63, 3.8) is 0 Å². The lowest BCUT2D eigenvalue weighted by Crippen LogP contribution is -2.39. The van der Waals surface area contributed by atoms with Crippen LogP contribution in [0.25, 0.3) is 0 Å². The first-order chi connectivity index (χ1) is 9.20. The second-order valence-electron chi connectivity index (χ2n) is 6.07. The highest BCUT2D eigenvalue weighted by atomic mass is 19.1. The minimum absolute atomic E-state index is 0.161. The molecule has 1 aliphatic carbocycles. The summed E-state index contributed by atoms with van der Waals surface area (Å²) >= 11 is 0. The maximum absolute atomic E-state index is 13.1. The Morgan fingerprint density at radius 1 is 1.37 bits per heavy atom. The van der Waals surface area contributed by atoms with E-state index in [1.54, 1.807) is 12.1 Å². The molecule has 1 heterocycles. The van der Waals surface area contributed by atoms with Crippen molar-refractivity contribution in [2.45, 2.75) is 51.2 Å². The first kappa shape index (κ1) is 12.9. The van der Waals surface area contributed by atoms with E-state index in [0.717, 1.165) is 30.2 Å². The van der Waals surface area contributed by atoms with Gasteiger partial charge in [0.1, 0.15) is 17.7 Å². The molecule has 1 aromatic carbocycles. The molecule has 3 unspecified atom stereocenters. The molecule has 0 amide bonds. The smallest absolute Gasteiger partial charge is 0.123 e. The van der Waals surface area contributed by atoms with Gasteiger partial charge in [0.25, 0.3) is 0 Å². The normalized spacial score (nSPS) is 29.9. The summed E-state index contributed by atoms with van der Waals surface area (Å²) in [4.78, 5) is 0. The number of fused-ring (bicyclic) bond motifs is 1. The SMILES string of the molecule is CC1CCCC(NCC2Cc3cc(F)ccc3O2)C1. The third-order valence-corrected chi connectivity index (χ3v) is 4.33. The molecule has 2 aliphatic rings. The average molecular weight is 263 g/mol. The molecular formula is C16H22FNO. The molecule has 3 heteroatoms. The predicted molar refractivity (Wildman–Crippen MR) is 73.9 cm³/mol. The highest BCUT2D eigenvalue weighted by Crippen LogP contribution is 2.29. The Balaban J connectivity index is 1.50. The van der Waals surface area contributed by atoms with E-state index in [9.17, 15) is 4.39 Å². The van der Waals surface area contributed by atoms with E-state index < -0.39 is 0 Å². The molecule has 0 saturated heterocycles. The summed E-state index contributed by atoms with van der Waals surface area (Å²) in [7, 11) is 0. The van der Waals surface area contributed by atoms with Crippen molar-refractivity contribution in [1.29, 1.82) is 0 Å². The van der Waals surface area contributed by atoms with Crippen LogP contribution in [0.4, 0.5) is 4.39 Å². The molecule has 2 nitrogen and oxygen atoms in total. The molecule has 1 aliphatic heterocycles. The average Bonchev–Trinajstić information content (AvgIpc) is 2.78. The quantitative estimate of drug-likeness (QED) is 0.903. The fourth-order valence-corrected chi connectivity index (χ4v) is 3.32. The van der Waals surface area contributed by atoms with Gasteiger partial charge in [0.05, 0.1) is 0 Å². The first-order valence-electron chi connectivity index (χ1n) is 7.39. The highest BCUT2D eigenvalue weighted by Gasteiger charge is 2.25. The Hall–Kier alpha value is -1.09. The van der Waals surface area contributed by atoms with Crippen molar-refractivity contribution in [3.8, 4) is 5.75 Å². The van der Waals surface area contributed by atoms with E-state index in [2.05, 4.69) is 12.2 Å². The minimum Gasteiger partial charge on any atom is -0.488 e. The second-order valence-corrected chi connectivity index (χ2v) is 6.07. The number of hydrogen-bond acceptors (Lipinski definition) is 2. The van der Waals surface area contributed by atoms with Gasteiger partial charge in [-0.3, -0.25) is 0 Å². The summed E-state index contributed by atoms with van der Waals surface area (Å²) in [5.41, 5.74) is 1.00. The zero-order valence-electron chi connectivity index (χ0n) is 11.5. The molecule has 0 bridgehead atoms. The number of hydrogen-bond donors (Lipinski definition) is 1. The van der Waals surface area contributed by atoms with Gasteiger partial charge in [-0.15, -0.1) is 0 Å². The molecule has 1 N–H and O–H groups in total. The number of nitrogens with one attached hydrogen (secondary N) is 1. The number of rotatable bonds is 3. The van der Waals surface area contributed by atoms with Crippen LogP contribution in [0.3, 0.4) is 0 Å². The van der Waals surface area contributed by atoms with Crippen LogP contribution in [0.15, 0.2) is 18.2 Å². The van der Waals surface area contributed by atoms with Gasteiger partial charge in [0.15, 0.2) is 0 Å². The summed E-state index contributed by atoms with van der Waals surface area (Å²) in [6.45, 7) is 3.20. The molecule has 0 spiro atoms. The van der Waals surface area contributed by atoms with Gasteiger partial charge >= 0.3 is 0 Å². The van der Waals surface area contributed by atoms with E-state index in [1.807, 2.05) is 0 Å². The van der Waals surface area contributed by atoms with Gasteiger partial charge in [-0.1, -0.05) is 19.8 Å². The van der Waals surface area contributed by atoms with Crippen LogP contribution < -0.4 is 10.1 Å². The number of halogens is 1. The predicted octanol–water partition coefficient (Wildman–Crippen LogP) is 3.30. The van der Waals surface area contributed by atoms with Crippen LogP contribution in [0.2, 0.25) is 0 Å². The van der Waals surface area contributed by atoms with Crippen molar-refractivity contribution >= 4 is 0 Å². The topological polar surface area (TPSA) is 21.3 Å². The molecular weight excluding hydrogens is 241 g/mol. The highest BCUT2D eigenvalue weighted by molar-refractivity contribution is 5.37. The van der Waals surface area contributed by atoms with Crippen LogP contribution in [0, 0.1) is 11.7 Å². The standard InChI is InChI=1S/C16H22FNO/c1-11-3-2-4-14(7-11)18-10-15-9-12-8-13(17)5-6-16(12)19-15/h5-6,8,11,14-15,18H,2-4,7,9-10H2,1H3. The van der Waals surface area contributed by atoms with Gasteiger partial charge in [-0.25, -0.2) is 4.39 Å². The summed E-state index contributed by atoms with van der Waals surface area (Å²) in [6, 6.07) is 5.44. The van der Waals surface area contributed by atoms with Crippen LogP contribution >= 0.6 is 0 Å². The van der Waals surface area contributed by atoms with Gasteiger partial charge < -0.3 is 10.1 Å². The fourth-order valence-electron chi connectivity index (χ4n) is 3.32. The Bertz CT molecular complexity index is 448. The maximum Gasteiger partial charge on any atom is 0.123 e. The zero-order valence-corrected chi connectivity index (χ0v) is 11.5. The van der Waals surface area contributed by atoms with Crippen molar-refractivity contribution < 1.29 is 9.13 Å². The molecule has 104 valence electrons. The van der Waals surface area contributed by atoms with E-state index in [1.165, 1.54) is 31.7 Å². The Labute approximate surface area is 114 Å². The summed E-state index contributed by atoms with van der Waals surface area (Å²) in [5, 5.41) is 3.62. The van der Waals surface area contributed by atoms with Gasteiger partial charge in [-0.2, -0.15) is 0 Å². The Morgan fingerprint density at radius 2 is 2.26 bits per heavy atom. The lowest BCUT2D eigenvalue weighted by molar-refractivity contribution is 0.207. The van der Waals surface area contributed by atoms with E-state index >= 15 is 0 Å². The lowest BCUT2D eigenvalue weighted by atomic mass is 9.87. The minimum atomic E-state index is -0.169. The van der Waals surface area contributed by atoms with Crippen molar-refractivity contribution in [2.75, 3.05) is 6.54 Å². The molecule has 19 heavy (non-hydrogen) atoms. The monoisotopic (exact) mass is 263 g/mol. The summed E-state index contributed by atoms with van der Waals surface area (Å²) in [5.74, 6) is 1.52. The summed E-state index contributed by atoms with van der Waals surface area (Å²) in [6.07, 6.45) is 6.22. The lowest BCUT2D eigenvalue weighted by Gasteiger charge is -2.28. The molecule has 0 aromatic heterocycles. The Morgan fingerprint density at radius 3 is 3.11 bits per heavy atom. The third-order valence-electron chi connectivity index (χ3n) is 4.33. The largest absolute Gasteiger partial charge is 0.488 e.